The summed E-state index contributed by atoms with van der Waals surface area (Å²) in [5, 5.41) is 3.03. The van der Waals surface area contributed by atoms with Gasteiger partial charge in [0.15, 0.2) is 0 Å². The molecule has 1 aromatic rings. The van der Waals surface area contributed by atoms with Crippen molar-refractivity contribution in [2.75, 3.05) is 19.6 Å². The van der Waals surface area contributed by atoms with Gasteiger partial charge in [0.25, 0.3) is 0 Å². The minimum atomic E-state index is -4.79. The van der Waals surface area contributed by atoms with Crippen molar-refractivity contribution in [3.63, 3.8) is 0 Å². The Morgan fingerprint density at radius 3 is 2.43 bits per heavy atom. The van der Waals surface area contributed by atoms with Crippen LogP contribution < -0.4 is 5.32 Å². The Labute approximate surface area is 121 Å². The topological polar surface area (TPSA) is 32.3 Å². The lowest BCUT2D eigenvalue weighted by Gasteiger charge is -2.34. The molecule has 1 saturated carbocycles. The van der Waals surface area contributed by atoms with E-state index in [2.05, 4.69) is 5.32 Å². The van der Waals surface area contributed by atoms with E-state index in [1.165, 1.54) is 0 Å². The van der Waals surface area contributed by atoms with Crippen molar-refractivity contribution in [3.05, 3.63) is 35.9 Å². The molecule has 1 heterocycles. The molecule has 1 amide bonds. The predicted octanol–water partition coefficient (Wildman–Crippen LogP) is 2.15. The van der Waals surface area contributed by atoms with Gasteiger partial charge in [-0.2, -0.15) is 13.2 Å². The molecule has 1 aliphatic carbocycles. The fraction of sp³-hybridized carbons (Fsp3) is 0.533. The van der Waals surface area contributed by atoms with Crippen LogP contribution in [-0.2, 0) is 4.79 Å². The fourth-order valence-electron chi connectivity index (χ4n) is 2.87. The van der Waals surface area contributed by atoms with E-state index < -0.39 is 12.1 Å². The molecule has 0 radical (unpaired) electrons. The molecule has 2 atom stereocenters. The van der Waals surface area contributed by atoms with Crippen LogP contribution in [0.1, 0.15) is 17.9 Å². The number of hydrogen-bond acceptors (Lipinski definition) is 2. The molecule has 114 valence electrons. The molecule has 0 bridgehead atoms. The summed E-state index contributed by atoms with van der Waals surface area (Å²) in [5.74, 6) is -1.53. The third kappa shape index (κ3) is 3.05. The Bertz CT molecular complexity index is 513. The summed E-state index contributed by atoms with van der Waals surface area (Å²) < 4.78 is 38.3. The zero-order chi connectivity index (χ0) is 15.0. The first-order valence-electron chi connectivity index (χ1n) is 7.10. The lowest BCUT2D eigenvalue weighted by molar-refractivity contribution is -0.187. The average molecular weight is 298 g/mol. The number of nitrogens with zero attached hydrogens (tertiary/aromatic N) is 1. The molecule has 0 spiro atoms. The molecule has 1 aromatic carbocycles. The Kier molecular flexibility index (Phi) is 3.65. The minimum Gasteiger partial charge on any atom is -0.331 e. The predicted molar refractivity (Wildman–Crippen MR) is 71.7 cm³/mol. The van der Waals surface area contributed by atoms with Gasteiger partial charge in [0, 0.05) is 37.5 Å². The van der Waals surface area contributed by atoms with Crippen LogP contribution in [0.4, 0.5) is 13.2 Å². The summed E-state index contributed by atoms with van der Waals surface area (Å²) in [6, 6.07) is 9.12. The minimum absolute atomic E-state index is 0.0329. The van der Waals surface area contributed by atoms with Gasteiger partial charge in [0.2, 0.25) is 0 Å². The van der Waals surface area contributed by atoms with Gasteiger partial charge in [0.1, 0.15) is 0 Å². The highest BCUT2D eigenvalue weighted by Crippen LogP contribution is 2.46. The number of nitrogens with one attached hydrogen (secondary N) is 1. The first-order chi connectivity index (χ1) is 9.97. The van der Waals surface area contributed by atoms with E-state index in [-0.39, 0.29) is 24.4 Å². The molecule has 1 aliphatic heterocycles. The van der Waals surface area contributed by atoms with Crippen molar-refractivity contribution in [1.29, 1.82) is 0 Å². The van der Waals surface area contributed by atoms with E-state index in [1.807, 2.05) is 30.3 Å². The van der Waals surface area contributed by atoms with Gasteiger partial charge in [-0.15, -0.1) is 0 Å². The highest BCUT2D eigenvalue weighted by molar-refractivity contribution is 5.82. The number of benzene rings is 1. The van der Waals surface area contributed by atoms with Crippen LogP contribution in [0.5, 0.6) is 0 Å². The van der Waals surface area contributed by atoms with Crippen molar-refractivity contribution in [2.24, 2.45) is 5.92 Å². The third-order valence-corrected chi connectivity index (χ3v) is 4.21. The number of rotatable bonds is 4. The highest BCUT2D eigenvalue weighted by Gasteiger charge is 2.52. The average Bonchev–Trinajstić information content (AvgIpc) is 3.17. The maximum absolute atomic E-state index is 12.8. The Morgan fingerprint density at radius 2 is 1.90 bits per heavy atom. The Morgan fingerprint density at radius 1 is 1.24 bits per heavy atom. The second-order valence-corrected chi connectivity index (χ2v) is 5.80. The quantitative estimate of drug-likeness (QED) is 0.924. The number of carbonyl (C=O) groups excluding carboxylic acids is 1. The molecule has 0 aromatic heterocycles. The zero-order valence-corrected chi connectivity index (χ0v) is 11.4. The molecular weight excluding hydrogens is 281 g/mol. The number of halogens is 3. The van der Waals surface area contributed by atoms with Gasteiger partial charge in [-0.05, 0) is 12.0 Å². The second-order valence-electron chi connectivity index (χ2n) is 5.80. The largest absolute Gasteiger partial charge is 0.471 e. The molecule has 2 unspecified atom stereocenters. The van der Waals surface area contributed by atoms with E-state index in [0.29, 0.717) is 19.5 Å². The summed E-state index contributed by atoms with van der Waals surface area (Å²) in [4.78, 5) is 12.7. The number of hydrogen-bond donors (Lipinski definition) is 1. The molecule has 3 rings (SSSR count). The third-order valence-electron chi connectivity index (χ3n) is 4.21. The number of alkyl halides is 3. The molecule has 21 heavy (non-hydrogen) atoms. The summed E-state index contributed by atoms with van der Waals surface area (Å²) >= 11 is 0. The van der Waals surface area contributed by atoms with Gasteiger partial charge in [-0.1, -0.05) is 30.3 Å². The van der Waals surface area contributed by atoms with E-state index in [9.17, 15) is 18.0 Å². The van der Waals surface area contributed by atoms with Crippen molar-refractivity contribution < 1.29 is 18.0 Å². The monoisotopic (exact) mass is 298 g/mol. The zero-order valence-electron chi connectivity index (χ0n) is 11.4. The molecule has 2 fully saturated rings. The van der Waals surface area contributed by atoms with Crippen LogP contribution in [0.25, 0.3) is 0 Å². The van der Waals surface area contributed by atoms with Crippen LogP contribution in [0.15, 0.2) is 30.3 Å². The summed E-state index contributed by atoms with van der Waals surface area (Å²) in [6.07, 6.45) is -4.17. The van der Waals surface area contributed by atoms with Crippen LogP contribution in [0.3, 0.4) is 0 Å². The van der Waals surface area contributed by atoms with Crippen LogP contribution >= 0.6 is 0 Å². The molecule has 3 nitrogen and oxygen atoms in total. The summed E-state index contributed by atoms with van der Waals surface area (Å²) in [6.45, 7) is 1.56. The second kappa shape index (κ2) is 5.33. The van der Waals surface area contributed by atoms with Crippen molar-refractivity contribution in [2.45, 2.75) is 24.6 Å². The van der Waals surface area contributed by atoms with Gasteiger partial charge in [-0.3, -0.25) is 4.79 Å². The fourth-order valence-corrected chi connectivity index (χ4v) is 2.87. The van der Waals surface area contributed by atoms with Gasteiger partial charge < -0.3 is 10.2 Å². The normalized spacial score (nSPS) is 25.3. The molecule has 2 aliphatic rings. The molecule has 1 N–H and O–H groups in total. The van der Waals surface area contributed by atoms with Crippen molar-refractivity contribution >= 4 is 5.91 Å². The van der Waals surface area contributed by atoms with Gasteiger partial charge in [0.05, 0.1) is 0 Å². The molecular formula is C15H17F3N2O. The van der Waals surface area contributed by atoms with E-state index >= 15 is 0 Å². The van der Waals surface area contributed by atoms with Gasteiger partial charge >= 0.3 is 12.1 Å². The van der Waals surface area contributed by atoms with E-state index in [0.717, 1.165) is 10.5 Å². The highest BCUT2D eigenvalue weighted by atomic mass is 19.4. The van der Waals surface area contributed by atoms with E-state index in [4.69, 9.17) is 0 Å². The number of carbonyl (C=O) groups is 1. The van der Waals surface area contributed by atoms with Gasteiger partial charge in [-0.25, -0.2) is 0 Å². The Balaban J connectivity index is 1.72. The maximum atomic E-state index is 12.8. The van der Waals surface area contributed by atoms with Crippen LogP contribution in [-0.4, -0.2) is 42.7 Å². The standard InChI is InChI=1S/C15H17F3N2O/c16-15(17,18)14(21)20(9-10-7-19-8-10)13-6-12(13)11-4-2-1-3-5-11/h1-5,10,12-13,19H,6-9H2. The molecule has 6 heteroatoms. The maximum Gasteiger partial charge on any atom is 0.471 e. The summed E-state index contributed by atoms with van der Waals surface area (Å²) in [5.41, 5.74) is 1.01. The molecule has 1 saturated heterocycles. The smallest absolute Gasteiger partial charge is 0.331 e. The number of amides is 1. The Hall–Kier alpha value is -1.56. The lowest BCUT2D eigenvalue weighted by atomic mass is 10.0. The van der Waals surface area contributed by atoms with E-state index in [1.54, 1.807) is 0 Å². The van der Waals surface area contributed by atoms with Crippen LogP contribution in [0.2, 0.25) is 0 Å². The first kappa shape index (κ1) is 14.4. The van der Waals surface area contributed by atoms with Crippen molar-refractivity contribution in [3.8, 4) is 0 Å². The SMILES string of the molecule is O=C(N(CC1CNC1)C1CC1c1ccccc1)C(F)(F)F. The first-order valence-corrected chi connectivity index (χ1v) is 7.10. The van der Waals surface area contributed by atoms with Crippen LogP contribution in [0, 0.1) is 5.92 Å². The van der Waals surface area contributed by atoms with Crippen molar-refractivity contribution in [1.82, 2.24) is 10.2 Å². The summed E-state index contributed by atoms with van der Waals surface area (Å²) in [7, 11) is 0. The lowest BCUT2D eigenvalue weighted by Crippen LogP contribution is -2.52.